The summed E-state index contributed by atoms with van der Waals surface area (Å²) in [5, 5.41) is 9.38. The summed E-state index contributed by atoms with van der Waals surface area (Å²) >= 11 is 0. The van der Waals surface area contributed by atoms with E-state index in [1.807, 2.05) is 24.1 Å². The van der Waals surface area contributed by atoms with Crippen LogP contribution in [0.2, 0.25) is 0 Å². The number of nitrogens with zero attached hydrogens (tertiary/aromatic N) is 2. The lowest BCUT2D eigenvalue weighted by molar-refractivity contribution is 0.0817. The van der Waals surface area contributed by atoms with Crippen molar-refractivity contribution < 1.29 is 9.84 Å². The minimum absolute atomic E-state index is 0.0200. The third kappa shape index (κ3) is 4.40. The molecule has 5 heteroatoms. The SMILES string of the molecule is COCC(N)C(CO)N(C)Cc1ccncc1. The van der Waals surface area contributed by atoms with Crippen molar-refractivity contribution in [2.24, 2.45) is 5.73 Å². The van der Waals surface area contributed by atoms with Gasteiger partial charge in [0.25, 0.3) is 0 Å². The lowest BCUT2D eigenvalue weighted by Crippen LogP contribution is -2.50. The second-order valence-electron chi connectivity index (χ2n) is 4.14. The Bertz CT molecular complexity index is 308. The van der Waals surface area contributed by atoms with Crippen LogP contribution in [0.15, 0.2) is 24.5 Å². The quantitative estimate of drug-likeness (QED) is 0.692. The Labute approximate surface area is 102 Å². The van der Waals surface area contributed by atoms with E-state index in [1.54, 1.807) is 19.5 Å². The summed E-state index contributed by atoms with van der Waals surface area (Å²) in [6.07, 6.45) is 3.51. The highest BCUT2D eigenvalue weighted by molar-refractivity contribution is 5.09. The molecule has 0 bridgehead atoms. The van der Waals surface area contributed by atoms with E-state index in [-0.39, 0.29) is 18.7 Å². The molecule has 0 aromatic carbocycles. The maximum atomic E-state index is 9.38. The fraction of sp³-hybridized carbons (Fsp3) is 0.583. The summed E-state index contributed by atoms with van der Waals surface area (Å²) in [6.45, 7) is 1.18. The molecule has 96 valence electrons. The first-order valence-corrected chi connectivity index (χ1v) is 5.63. The van der Waals surface area contributed by atoms with Crippen LogP contribution in [0.3, 0.4) is 0 Å². The van der Waals surface area contributed by atoms with E-state index in [0.29, 0.717) is 6.61 Å². The van der Waals surface area contributed by atoms with Crippen molar-refractivity contribution in [2.45, 2.75) is 18.6 Å². The van der Waals surface area contributed by atoms with Gasteiger partial charge in [0.15, 0.2) is 0 Å². The van der Waals surface area contributed by atoms with E-state index in [9.17, 15) is 5.11 Å². The number of aliphatic hydroxyl groups is 1. The summed E-state index contributed by atoms with van der Waals surface area (Å²) in [6, 6.07) is 3.60. The highest BCUT2D eigenvalue weighted by Crippen LogP contribution is 2.07. The van der Waals surface area contributed by atoms with Crippen molar-refractivity contribution in [2.75, 3.05) is 27.4 Å². The number of hydrogen-bond donors (Lipinski definition) is 2. The zero-order valence-corrected chi connectivity index (χ0v) is 10.4. The predicted molar refractivity (Wildman–Crippen MR) is 66.4 cm³/mol. The summed E-state index contributed by atoms with van der Waals surface area (Å²) in [4.78, 5) is 6.00. The minimum atomic E-state index is -0.197. The van der Waals surface area contributed by atoms with Gasteiger partial charge in [0.1, 0.15) is 0 Å². The monoisotopic (exact) mass is 239 g/mol. The normalized spacial score (nSPS) is 14.9. The molecule has 3 N–H and O–H groups in total. The molecule has 1 aromatic rings. The zero-order chi connectivity index (χ0) is 12.7. The molecule has 0 radical (unpaired) electrons. The molecule has 1 aromatic heterocycles. The third-order valence-electron chi connectivity index (χ3n) is 2.79. The Balaban J connectivity index is 2.57. The van der Waals surface area contributed by atoms with Crippen LogP contribution in [-0.2, 0) is 11.3 Å². The van der Waals surface area contributed by atoms with Crippen LogP contribution < -0.4 is 5.73 Å². The first kappa shape index (κ1) is 14.1. The number of hydrogen-bond acceptors (Lipinski definition) is 5. The zero-order valence-electron chi connectivity index (χ0n) is 10.4. The smallest absolute Gasteiger partial charge is 0.0629 e. The van der Waals surface area contributed by atoms with Crippen LogP contribution in [0.1, 0.15) is 5.56 Å². The van der Waals surface area contributed by atoms with E-state index < -0.39 is 0 Å². The Morgan fingerprint density at radius 2 is 2.12 bits per heavy atom. The first-order chi connectivity index (χ1) is 8.19. The van der Waals surface area contributed by atoms with Crippen molar-refractivity contribution in [1.82, 2.24) is 9.88 Å². The number of aromatic nitrogens is 1. The molecular formula is C12H21N3O2. The van der Waals surface area contributed by atoms with Crippen LogP contribution in [0.25, 0.3) is 0 Å². The van der Waals surface area contributed by atoms with Gasteiger partial charge >= 0.3 is 0 Å². The maximum Gasteiger partial charge on any atom is 0.0629 e. The molecule has 1 heterocycles. The topological polar surface area (TPSA) is 71.6 Å². The van der Waals surface area contributed by atoms with E-state index >= 15 is 0 Å². The van der Waals surface area contributed by atoms with E-state index in [4.69, 9.17) is 10.5 Å². The maximum absolute atomic E-state index is 9.38. The highest BCUT2D eigenvalue weighted by atomic mass is 16.5. The molecule has 17 heavy (non-hydrogen) atoms. The van der Waals surface area contributed by atoms with Gasteiger partial charge in [0.05, 0.1) is 19.3 Å². The van der Waals surface area contributed by atoms with Gasteiger partial charge in [-0.1, -0.05) is 0 Å². The molecule has 0 spiro atoms. The van der Waals surface area contributed by atoms with Gasteiger partial charge in [0.2, 0.25) is 0 Å². The molecule has 0 amide bonds. The third-order valence-corrected chi connectivity index (χ3v) is 2.79. The summed E-state index contributed by atoms with van der Waals surface area (Å²) < 4.78 is 5.01. The van der Waals surface area contributed by atoms with Crippen molar-refractivity contribution in [3.05, 3.63) is 30.1 Å². The summed E-state index contributed by atoms with van der Waals surface area (Å²) in [5.41, 5.74) is 7.10. The number of rotatable bonds is 7. The van der Waals surface area contributed by atoms with Crippen LogP contribution in [0.4, 0.5) is 0 Å². The average molecular weight is 239 g/mol. The predicted octanol–water partition coefficient (Wildman–Crippen LogP) is -0.152. The van der Waals surface area contributed by atoms with Gasteiger partial charge in [-0.25, -0.2) is 0 Å². The van der Waals surface area contributed by atoms with E-state index in [0.717, 1.165) is 12.1 Å². The van der Waals surface area contributed by atoms with E-state index in [1.165, 1.54) is 0 Å². The van der Waals surface area contributed by atoms with Gasteiger partial charge in [-0.3, -0.25) is 9.88 Å². The average Bonchev–Trinajstić information content (AvgIpc) is 2.31. The number of pyridine rings is 1. The van der Waals surface area contributed by atoms with Crippen LogP contribution in [0.5, 0.6) is 0 Å². The number of nitrogens with two attached hydrogens (primary N) is 1. The number of aliphatic hydroxyl groups excluding tert-OH is 1. The van der Waals surface area contributed by atoms with Gasteiger partial charge in [-0.2, -0.15) is 0 Å². The molecular weight excluding hydrogens is 218 g/mol. The van der Waals surface area contributed by atoms with E-state index in [2.05, 4.69) is 4.98 Å². The van der Waals surface area contributed by atoms with Crippen LogP contribution in [0, 0.1) is 0 Å². The Morgan fingerprint density at radius 3 is 2.65 bits per heavy atom. The van der Waals surface area contributed by atoms with Crippen molar-refractivity contribution >= 4 is 0 Å². The van der Waals surface area contributed by atoms with Gasteiger partial charge in [-0.05, 0) is 24.7 Å². The summed E-state index contributed by atoms with van der Waals surface area (Å²) in [5.74, 6) is 0. The van der Waals surface area contributed by atoms with Crippen molar-refractivity contribution in [1.29, 1.82) is 0 Å². The van der Waals surface area contributed by atoms with Crippen LogP contribution >= 0.6 is 0 Å². The largest absolute Gasteiger partial charge is 0.395 e. The summed E-state index contributed by atoms with van der Waals surface area (Å²) in [7, 11) is 3.55. The molecule has 2 atom stereocenters. The fourth-order valence-electron chi connectivity index (χ4n) is 1.80. The molecule has 0 saturated heterocycles. The molecule has 0 aliphatic rings. The standard InChI is InChI=1S/C12H21N3O2/c1-15(7-10-3-5-14-6-4-10)12(8-16)11(13)9-17-2/h3-6,11-12,16H,7-9,13H2,1-2H3. The fourth-order valence-corrected chi connectivity index (χ4v) is 1.80. The number of likely N-dealkylation sites (N-methyl/N-ethyl adjacent to an activating group) is 1. The number of methoxy groups -OCH3 is 1. The molecule has 0 aliphatic heterocycles. The Morgan fingerprint density at radius 1 is 1.47 bits per heavy atom. The number of ether oxygens (including phenoxy) is 1. The van der Waals surface area contributed by atoms with Crippen LogP contribution in [-0.4, -0.2) is 54.4 Å². The Kier molecular flexibility index (Phi) is 6.07. The van der Waals surface area contributed by atoms with Crippen molar-refractivity contribution in [3.8, 4) is 0 Å². The molecule has 2 unspecified atom stereocenters. The lowest BCUT2D eigenvalue weighted by Gasteiger charge is -2.30. The molecule has 0 saturated carbocycles. The second kappa shape index (κ2) is 7.34. The molecule has 0 fully saturated rings. The minimum Gasteiger partial charge on any atom is -0.395 e. The molecule has 0 aliphatic carbocycles. The molecule has 5 nitrogen and oxygen atoms in total. The second-order valence-corrected chi connectivity index (χ2v) is 4.14. The lowest BCUT2D eigenvalue weighted by atomic mass is 10.1. The van der Waals surface area contributed by atoms with Gasteiger partial charge < -0.3 is 15.6 Å². The first-order valence-electron chi connectivity index (χ1n) is 5.63. The van der Waals surface area contributed by atoms with Gasteiger partial charge in [0, 0.05) is 32.1 Å². The van der Waals surface area contributed by atoms with Crippen molar-refractivity contribution in [3.63, 3.8) is 0 Å². The highest BCUT2D eigenvalue weighted by Gasteiger charge is 2.21. The van der Waals surface area contributed by atoms with Gasteiger partial charge in [-0.15, -0.1) is 0 Å². The Hall–Kier alpha value is -1.01. The molecule has 1 rings (SSSR count).